The van der Waals surface area contributed by atoms with E-state index in [1.807, 2.05) is 62.4 Å². The lowest BCUT2D eigenvalue weighted by molar-refractivity contribution is -0.116. The maximum absolute atomic E-state index is 14.0. The number of rotatable bonds is 9. The summed E-state index contributed by atoms with van der Waals surface area (Å²) in [6.45, 7) is 4.01. The van der Waals surface area contributed by atoms with Crippen LogP contribution in [0.25, 0.3) is 5.69 Å². The first-order chi connectivity index (χ1) is 17.0. The number of nitrogens with one attached hydrogen (secondary N) is 1. The fourth-order valence-electron chi connectivity index (χ4n) is 3.82. The van der Waals surface area contributed by atoms with Crippen molar-refractivity contribution in [2.45, 2.75) is 33.1 Å². The van der Waals surface area contributed by atoms with Gasteiger partial charge in [0.25, 0.3) is 0 Å². The number of hydrogen-bond acceptors (Lipinski definition) is 4. The SMILES string of the molecule is CCc1nn(-c2ccc(OC)cc2)c(Oc2cccc(C)c2)c1CCC(=O)Nc1ccccc1F. The fraction of sp³-hybridized carbons (Fsp3) is 0.214. The number of anilines is 1. The van der Waals surface area contributed by atoms with Gasteiger partial charge in [0.2, 0.25) is 11.8 Å². The smallest absolute Gasteiger partial charge is 0.226 e. The number of nitrogens with zero attached hydrogens (tertiary/aromatic N) is 2. The van der Waals surface area contributed by atoms with E-state index in [1.54, 1.807) is 30.0 Å². The molecule has 3 aromatic carbocycles. The Morgan fingerprint density at radius 2 is 1.80 bits per heavy atom. The molecule has 0 aliphatic carbocycles. The van der Waals surface area contributed by atoms with Crippen LogP contribution in [0.15, 0.2) is 72.8 Å². The third-order valence-corrected chi connectivity index (χ3v) is 5.63. The quantitative estimate of drug-likeness (QED) is 0.312. The Morgan fingerprint density at radius 1 is 1.03 bits per heavy atom. The molecule has 1 amide bonds. The zero-order chi connectivity index (χ0) is 24.8. The Balaban J connectivity index is 1.66. The summed E-state index contributed by atoms with van der Waals surface area (Å²) in [5, 5.41) is 7.46. The number of carbonyl (C=O) groups is 1. The Morgan fingerprint density at radius 3 is 2.49 bits per heavy atom. The number of carbonyl (C=O) groups excluding carboxylic acids is 1. The monoisotopic (exact) mass is 473 g/mol. The molecule has 0 saturated heterocycles. The molecule has 7 heteroatoms. The van der Waals surface area contributed by atoms with Crippen LogP contribution in [0.5, 0.6) is 17.4 Å². The molecule has 180 valence electrons. The standard InChI is InChI=1S/C28H28FN3O3/c1-4-25-23(16-17-27(33)30-26-11-6-5-10-24(26)29)28(35-22-9-7-8-19(2)18-22)32(31-25)20-12-14-21(34-3)15-13-20/h5-15,18H,4,16-17H2,1-3H3,(H,30,33). The minimum atomic E-state index is -0.467. The van der Waals surface area contributed by atoms with Crippen molar-refractivity contribution in [1.29, 1.82) is 0 Å². The molecule has 0 saturated carbocycles. The number of halogens is 1. The largest absolute Gasteiger partial charge is 0.497 e. The molecule has 0 bridgehead atoms. The minimum absolute atomic E-state index is 0.153. The van der Waals surface area contributed by atoms with Gasteiger partial charge in [-0.2, -0.15) is 5.10 Å². The highest BCUT2D eigenvalue weighted by Crippen LogP contribution is 2.33. The van der Waals surface area contributed by atoms with Gasteiger partial charge >= 0.3 is 0 Å². The molecular weight excluding hydrogens is 445 g/mol. The number of amides is 1. The zero-order valence-electron chi connectivity index (χ0n) is 20.0. The number of para-hydroxylation sites is 1. The van der Waals surface area contributed by atoms with E-state index in [9.17, 15) is 9.18 Å². The van der Waals surface area contributed by atoms with Crippen molar-refractivity contribution in [3.8, 4) is 23.1 Å². The van der Waals surface area contributed by atoms with Crippen molar-refractivity contribution in [2.24, 2.45) is 0 Å². The fourth-order valence-corrected chi connectivity index (χ4v) is 3.82. The molecule has 0 atom stereocenters. The first-order valence-electron chi connectivity index (χ1n) is 11.5. The molecule has 4 aromatic rings. The normalized spacial score (nSPS) is 10.7. The number of benzene rings is 3. The predicted molar refractivity (Wildman–Crippen MR) is 134 cm³/mol. The lowest BCUT2D eigenvalue weighted by atomic mass is 10.1. The summed E-state index contributed by atoms with van der Waals surface area (Å²) in [7, 11) is 1.62. The highest BCUT2D eigenvalue weighted by molar-refractivity contribution is 5.91. The van der Waals surface area contributed by atoms with Crippen LogP contribution in [0.1, 0.15) is 30.2 Å². The molecule has 0 spiro atoms. The Kier molecular flexibility index (Phi) is 7.45. The summed E-state index contributed by atoms with van der Waals surface area (Å²) in [5.41, 5.74) is 3.72. The van der Waals surface area contributed by atoms with Crippen LogP contribution in [-0.4, -0.2) is 22.8 Å². The first kappa shape index (κ1) is 24.0. The predicted octanol–water partition coefficient (Wildman–Crippen LogP) is 6.25. The number of aromatic nitrogens is 2. The molecule has 35 heavy (non-hydrogen) atoms. The van der Waals surface area contributed by atoms with Gasteiger partial charge in [-0.05, 0) is 73.9 Å². The van der Waals surface area contributed by atoms with E-state index in [0.29, 0.717) is 24.5 Å². The summed E-state index contributed by atoms with van der Waals surface area (Å²) >= 11 is 0. The van der Waals surface area contributed by atoms with E-state index >= 15 is 0 Å². The summed E-state index contributed by atoms with van der Waals surface area (Å²) in [6, 6.07) is 21.4. The highest BCUT2D eigenvalue weighted by Gasteiger charge is 2.21. The lowest BCUT2D eigenvalue weighted by Crippen LogP contribution is -2.13. The van der Waals surface area contributed by atoms with Crippen LogP contribution in [0.2, 0.25) is 0 Å². The van der Waals surface area contributed by atoms with Crippen LogP contribution >= 0.6 is 0 Å². The molecule has 4 rings (SSSR count). The first-order valence-corrected chi connectivity index (χ1v) is 11.5. The van der Waals surface area contributed by atoms with E-state index in [-0.39, 0.29) is 18.0 Å². The maximum atomic E-state index is 14.0. The summed E-state index contributed by atoms with van der Waals surface area (Å²) in [4.78, 5) is 12.6. The van der Waals surface area contributed by atoms with E-state index in [2.05, 4.69) is 5.32 Å². The summed E-state index contributed by atoms with van der Waals surface area (Å²) in [5.74, 6) is 1.22. The second kappa shape index (κ2) is 10.9. The van der Waals surface area contributed by atoms with Crippen molar-refractivity contribution in [3.63, 3.8) is 0 Å². The van der Waals surface area contributed by atoms with Crippen molar-refractivity contribution in [3.05, 3.63) is 95.4 Å². The summed E-state index contributed by atoms with van der Waals surface area (Å²) < 4.78 is 27.4. The molecular formula is C28H28FN3O3. The van der Waals surface area contributed by atoms with Crippen LogP contribution in [0, 0.1) is 12.7 Å². The van der Waals surface area contributed by atoms with Gasteiger partial charge in [0, 0.05) is 12.0 Å². The Hall–Kier alpha value is -4.13. The molecule has 1 aromatic heterocycles. The van der Waals surface area contributed by atoms with Crippen LogP contribution in [-0.2, 0) is 17.6 Å². The van der Waals surface area contributed by atoms with Crippen molar-refractivity contribution >= 4 is 11.6 Å². The van der Waals surface area contributed by atoms with Crippen molar-refractivity contribution < 1.29 is 18.7 Å². The zero-order valence-corrected chi connectivity index (χ0v) is 20.0. The van der Waals surface area contributed by atoms with E-state index in [4.69, 9.17) is 14.6 Å². The van der Waals surface area contributed by atoms with Crippen LogP contribution in [0.3, 0.4) is 0 Å². The van der Waals surface area contributed by atoms with Crippen molar-refractivity contribution in [1.82, 2.24) is 9.78 Å². The van der Waals surface area contributed by atoms with Gasteiger partial charge in [0.15, 0.2) is 0 Å². The van der Waals surface area contributed by atoms with E-state index in [1.165, 1.54) is 6.07 Å². The van der Waals surface area contributed by atoms with Gasteiger partial charge in [-0.1, -0.05) is 31.2 Å². The van der Waals surface area contributed by atoms with Crippen LogP contribution < -0.4 is 14.8 Å². The highest BCUT2D eigenvalue weighted by atomic mass is 19.1. The topological polar surface area (TPSA) is 65.4 Å². The molecule has 0 unspecified atom stereocenters. The molecule has 0 aliphatic rings. The van der Waals surface area contributed by atoms with Crippen molar-refractivity contribution in [2.75, 3.05) is 12.4 Å². The number of aryl methyl sites for hydroxylation is 2. The minimum Gasteiger partial charge on any atom is -0.497 e. The number of methoxy groups -OCH3 is 1. The molecule has 1 N–H and O–H groups in total. The third-order valence-electron chi connectivity index (χ3n) is 5.63. The summed E-state index contributed by atoms with van der Waals surface area (Å²) in [6.07, 6.45) is 1.21. The average molecular weight is 474 g/mol. The van der Waals surface area contributed by atoms with Gasteiger partial charge in [-0.25, -0.2) is 9.07 Å². The van der Waals surface area contributed by atoms with Gasteiger partial charge in [-0.15, -0.1) is 0 Å². The van der Waals surface area contributed by atoms with Gasteiger partial charge in [-0.3, -0.25) is 4.79 Å². The average Bonchev–Trinajstić information content (AvgIpc) is 3.21. The Bertz CT molecular complexity index is 1320. The lowest BCUT2D eigenvalue weighted by Gasteiger charge is -2.12. The maximum Gasteiger partial charge on any atom is 0.226 e. The van der Waals surface area contributed by atoms with Crippen LogP contribution in [0.4, 0.5) is 10.1 Å². The van der Waals surface area contributed by atoms with Gasteiger partial charge in [0.1, 0.15) is 17.3 Å². The van der Waals surface area contributed by atoms with Gasteiger partial charge in [0.05, 0.1) is 24.2 Å². The number of ether oxygens (including phenoxy) is 2. The van der Waals surface area contributed by atoms with Gasteiger partial charge < -0.3 is 14.8 Å². The third kappa shape index (κ3) is 5.69. The molecule has 0 radical (unpaired) electrons. The van der Waals surface area contributed by atoms with E-state index in [0.717, 1.165) is 28.3 Å². The molecule has 0 fully saturated rings. The second-order valence-electron chi connectivity index (χ2n) is 8.14. The second-order valence-corrected chi connectivity index (χ2v) is 8.14. The Labute approximate surface area is 204 Å². The molecule has 6 nitrogen and oxygen atoms in total. The number of hydrogen-bond donors (Lipinski definition) is 1. The molecule has 0 aliphatic heterocycles. The molecule has 1 heterocycles. The van der Waals surface area contributed by atoms with E-state index < -0.39 is 5.82 Å².